The van der Waals surface area contributed by atoms with E-state index >= 15 is 0 Å². The Bertz CT molecular complexity index is 532. The van der Waals surface area contributed by atoms with Crippen LogP contribution in [0.15, 0.2) is 18.2 Å². The van der Waals surface area contributed by atoms with E-state index in [1.165, 1.54) is 12.1 Å². The van der Waals surface area contributed by atoms with Crippen LogP contribution in [0.5, 0.6) is 0 Å². The number of rotatable bonds is 4. The summed E-state index contributed by atoms with van der Waals surface area (Å²) in [4.78, 5) is 24.6. The number of hydrogen-bond donors (Lipinski definition) is 2. The Labute approximate surface area is 116 Å². The highest BCUT2D eigenvalue weighted by Crippen LogP contribution is 2.28. The zero-order valence-corrected chi connectivity index (χ0v) is 11.3. The fourth-order valence-corrected chi connectivity index (χ4v) is 2.60. The zero-order valence-electron chi connectivity index (χ0n) is 11.3. The molecule has 108 valence electrons. The van der Waals surface area contributed by atoms with Crippen molar-refractivity contribution in [3.05, 3.63) is 33.9 Å². The maximum absolute atomic E-state index is 12.5. The normalized spacial score (nSPS) is 18.2. The molecule has 0 aromatic heterocycles. The van der Waals surface area contributed by atoms with Gasteiger partial charge in [-0.25, -0.2) is 0 Å². The zero-order chi connectivity index (χ0) is 14.7. The standard InChI is InChI=1S/C13H18N4O3/c1-15-8-9-4-3-7-16(9)13(18)10-5-2-6-11(12(10)14)17(19)20/h2,5-6,9,15H,3-4,7-8,14H2,1H3. The van der Waals surface area contributed by atoms with Crippen LogP contribution >= 0.6 is 0 Å². The van der Waals surface area contributed by atoms with Gasteiger partial charge in [0, 0.05) is 25.2 Å². The van der Waals surface area contributed by atoms with Gasteiger partial charge in [0.1, 0.15) is 5.69 Å². The predicted molar refractivity (Wildman–Crippen MR) is 75.5 cm³/mol. The van der Waals surface area contributed by atoms with Crippen LogP contribution in [0.4, 0.5) is 11.4 Å². The second-order valence-electron chi connectivity index (χ2n) is 4.85. The van der Waals surface area contributed by atoms with E-state index < -0.39 is 4.92 Å². The Morgan fingerprint density at radius 1 is 1.60 bits per heavy atom. The molecule has 1 atom stereocenters. The van der Waals surface area contributed by atoms with Gasteiger partial charge < -0.3 is 16.0 Å². The summed E-state index contributed by atoms with van der Waals surface area (Å²) < 4.78 is 0. The molecule has 1 fully saturated rings. The van der Waals surface area contributed by atoms with E-state index in [0.717, 1.165) is 12.8 Å². The molecular weight excluding hydrogens is 260 g/mol. The maximum Gasteiger partial charge on any atom is 0.292 e. The lowest BCUT2D eigenvalue weighted by Gasteiger charge is -2.25. The first-order valence-corrected chi connectivity index (χ1v) is 6.54. The Morgan fingerprint density at radius 2 is 2.35 bits per heavy atom. The Balaban J connectivity index is 2.29. The molecule has 7 heteroatoms. The number of likely N-dealkylation sites (N-methyl/N-ethyl adjacent to an activating group) is 1. The summed E-state index contributed by atoms with van der Waals surface area (Å²) in [5.74, 6) is -0.232. The fourth-order valence-electron chi connectivity index (χ4n) is 2.60. The predicted octanol–water partition coefficient (Wildman–Crippen LogP) is 1.00. The molecule has 0 aliphatic carbocycles. The number of amides is 1. The van der Waals surface area contributed by atoms with E-state index in [4.69, 9.17) is 5.73 Å². The number of para-hydroxylation sites is 1. The summed E-state index contributed by atoms with van der Waals surface area (Å²) in [5, 5.41) is 13.9. The molecule has 3 N–H and O–H groups in total. The lowest BCUT2D eigenvalue weighted by atomic mass is 10.1. The first-order valence-electron chi connectivity index (χ1n) is 6.54. The van der Waals surface area contributed by atoms with Gasteiger partial charge in [-0.1, -0.05) is 6.07 Å². The van der Waals surface area contributed by atoms with Crippen LogP contribution < -0.4 is 11.1 Å². The number of likely N-dealkylation sites (tertiary alicyclic amines) is 1. The van der Waals surface area contributed by atoms with Crippen LogP contribution in [-0.4, -0.2) is 41.9 Å². The average Bonchev–Trinajstić information content (AvgIpc) is 2.86. The Hall–Kier alpha value is -2.15. The molecule has 20 heavy (non-hydrogen) atoms. The first kappa shape index (κ1) is 14.3. The summed E-state index contributed by atoms with van der Waals surface area (Å²) >= 11 is 0. The van der Waals surface area contributed by atoms with Gasteiger partial charge in [-0.2, -0.15) is 0 Å². The number of nitrogen functional groups attached to an aromatic ring is 1. The summed E-state index contributed by atoms with van der Waals surface area (Å²) in [5.41, 5.74) is 5.70. The van der Waals surface area contributed by atoms with Crippen molar-refractivity contribution in [1.82, 2.24) is 10.2 Å². The van der Waals surface area contributed by atoms with Crippen molar-refractivity contribution in [3.63, 3.8) is 0 Å². The van der Waals surface area contributed by atoms with E-state index in [9.17, 15) is 14.9 Å². The van der Waals surface area contributed by atoms with Gasteiger partial charge in [0.2, 0.25) is 0 Å². The number of anilines is 1. The monoisotopic (exact) mass is 278 g/mol. The third kappa shape index (κ3) is 2.57. The number of nitrogens with two attached hydrogens (primary N) is 1. The highest BCUT2D eigenvalue weighted by molar-refractivity contribution is 6.01. The smallest absolute Gasteiger partial charge is 0.292 e. The van der Waals surface area contributed by atoms with Crippen LogP contribution in [0.1, 0.15) is 23.2 Å². The van der Waals surface area contributed by atoms with Crippen LogP contribution in [0.3, 0.4) is 0 Å². The molecule has 1 heterocycles. The minimum absolute atomic E-state index is 0.0578. The van der Waals surface area contributed by atoms with E-state index in [2.05, 4.69) is 5.32 Å². The maximum atomic E-state index is 12.5. The highest BCUT2D eigenvalue weighted by Gasteiger charge is 2.31. The van der Waals surface area contributed by atoms with Gasteiger partial charge in [-0.15, -0.1) is 0 Å². The minimum atomic E-state index is -0.568. The van der Waals surface area contributed by atoms with Crippen molar-refractivity contribution in [2.75, 3.05) is 25.9 Å². The van der Waals surface area contributed by atoms with E-state index in [1.807, 2.05) is 7.05 Å². The lowest BCUT2D eigenvalue weighted by molar-refractivity contribution is -0.383. The van der Waals surface area contributed by atoms with Crippen LogP contribution in [0.25, 0.3) is 0 Å². The molecule has 1 aliphatic heterocycles. The third-order valence-electron chi connectivity index (χ3n) is 3.59. The quantitative estimate of drug-likeness (QED) is 0.486. The topological polar surface area (TPSA) is 102 Å². The number of carbonyl (C=O) groups is 1. The third-order valence-corrected chi connectivity index (χ3v) is 3.59. The lowest BCUT2D eigenvalue weighted by Crippen LogP contribution is -2.41. The molecule has 1 amide bonds. The Kier molecular flexibility index (Phi) is 4.19. The van der Waals surface area contributed by atoms with Gasteiger partial charge in [0.05, 0.1) is 10.5 Å². The number of hydrogen-bond acceptors (Lipinski definition) is 5. The summed E-state index contributed by atoms with van der Waals surface area (Å²) in [6, 6.07) is 4.46. The van der Waals surface area contributed by atoms with Crippen molar-refractivity contribution < 1.29 is 9.72 Å². The van der Waals surface area contributed by atoms with Crippen molar-refractivity contribution >= 4 is 17.3 Å². The number of nitrogens with one attached hydrogen (secondary N) is 1. The average molecular weight is 278 g/mol. The van der Waals surface area contributed by atoms with Crippen molar-refractivity contribution in [2.24, 2.45) is 0 Å². The van der Waals surface area contributed by atoms with Gasteiger partial charge >= 0.3 is 0 Å². The molecule has 1 aromatic carbocycles. The van der Waals surface area contributed by atoms with Crippen LogP contribution in [0.2, 0.25) is 0 Å². The number of nitro benzene ring substituents is 1. The van der Waals surface area contributed by atoms with Crippen molar-refractivity contribution in [1.29, 1.82) is 0 Å². The molecule has 0 bridgehead atoms. The van der Waals surface area contributed by atoms with Gasteiger partial charge in [0.15, 0.2) is 0 Å². The van der Waals surface area contributed by atoms with Gasteiger partial charge in [-0.05, 0) is 26.0 Å². The molecule has 1 saturated heterocycles. The molecule has 1 aliphatic rings. The van der Waals surface area contributed by atoms with Crippen LogP contribution in [0, 0.1) is 10.1 Å². The number of nitro groups is 1. The fraction of sp³-hybridized carbons (Fsp3) is 0.462. The van der Waals surface area contributed by atoms with E-state index in [1.54, 1.807) is 11.0 Å². The van der Waals surface area contributed by atoms with Gasteiger partial charge in [0.25, 0.3) is 11.6 Å². The molecule has 0 spiro atoms. The van der Waals surface area contributed by atoms with Crippen LogP contribution in [-0.2, 0) is 0 Å². The first-order chi connectivity index (χ1) is 9.56. The Morgan fingerprint density at radius 3 is 3.00 bits per heavy atom. The van der Waals surface area contributed by atoms with E-state index in [-0.39, 0.29) is 28.9 Å². The molecule has 1 unspecified atom stereocenters. The SMILES string of the molecule is CNCC1CCCN1C(=O)c1cccc([N+](=O)[O-])c1N. The second kappa shape index (κ2) is 5.87. The highest BCUT2D eigenvalue weighted by atomic mass is 16.6. The molecular formula is C13H18N4O3. The molecule has 7 nitrogen and oxygen atoms in total. The number of benzene rings is 1. The summed E-state index contributed by atoms with van der Waals surface area (Å²) in [6.07, 6.45) is 1.87. The molecule has 2 rings (SSSR count). The molecule has 1 aromatic rings. The summed E-state index contributed by atoms with van der Waals surface area (Å²) in [6.45, 7) is 1.37. The summed E-state index contributed by atoms with van der Waals surface area (Å²) in [7, 11) is 1.84. The molecule has 0 saturated carbocycles. The largest absolute Gasteiger partial charge is 0.393 e. The number of carbonyl (C=O) groups excluding carboxylic acids is 1. The molecule has 0 radical (unpaired) electrons. The minimum Gasteiger partial charge on any atom is -0.393 e. The van der Waals surface area contributed by atoms with Crippen molar-refractivity contribution in [2.45, 2.75) is 18.9 Å². The second-order valence-corrected chi connectivity index (χ2v) is 4.85. The van der Waals surface area contributed by atoms with E-state index in [0.29, 0.717) is 13.1 Å². The van der Waals surface area contributed by atoms with Crippen molar-refractivity contribution in [3.8, 4) is 0 Å². The number of nitrogens with zero attached hydrogens (tertiary/aromatic N) is 2. The van der Waals surface area contributed by atoms with Gasteiger partial charge in [-0.3, -0.25) is 14.9 Å².